The monoisotopic (exact) mass is 331 g/mol. The van der Waals surface area contributed by atoms with Crippen LogP contribution in [0.15, 0.2) is 48.5 Å². The highest BCUT2D eigenvalue weighted by Gasteiger charge is 2.30. The first kappa shape index (κ1) is 17.9. The van der Waals surface area contributed by atoms with E-state index in [1.165, 1.54) is 19.2 Å². The van der Waals surface area contributed by atoms with Gasteiger partial charge in [-0.05, 0) is 30.2 Å². The zero-order chi connectivity index (χ0) is 17.6. The van der Waals surface area contributed by atoms with Gasteiger partial charge in [-0.15, -0.1) is 0 Å². The fraction of sp³-hybridized carbons (Fsp3) is 0.316. The minimum atomic E-state index is -0.623. The number of hydrogen-bond acceptors (Lipinski definition) is 3. The van der Waals surface area contributed by atoms with Crippen LogP contribution in [0.5, 0.6) is 5.75 Å². The second kappa shape index (κ2) is 7.93. The first-order valence-electron chi connectivity index (χ1n) is 7.78. The molecule has 0 unspecified atom stereocenters. The van der Waals surface area contributed by atoms with E-state index >= 15 is 0 Å². The molecule has 0 aliphatic carbocycles. The Hall–Kier alpha value is -2.40. The van der Waals surface area contributed by atoms with Gasteiger partial charge in [0.15, 0.2) is 11.6 Å². The van der Waals surface area contributed by atoms with Gasteiger partial charge in [0.25, 0.3) is 5.91 Å². The number of benzene rings is 2. The minimum absolute atomic E-state index is 0.107. The molecule has 0 aromatic heterocycles. The summed E-state index contributed by atoms with van der Waals surface area (Å²) in [6.45, 7) is 2.28. The molecule has 0 bridgehead atoms. The van der Waals surface area contributed by atoms with Crippen LogP contribution in [0.1, 0.15) is 29.3 Å². The Morgan fingerprint density at radius 2 is 1.88 bits per heavy atom. The van der Waals surface area contributed by atoms with Gasteiger partial charge in [-0.25, -0.2) is 4.39 Å². The number of rotatable bonds is 7. The van der Waals surface area contributed by atoms with E-state index in [-0.39, 0.29) is 23.8 Å². The van der Waals surface area contributed by atoms with Crippen LogP contribution in [0.2, 0.25) is 0 Å². The van der Waals surface area contributed by atoms with E-state index in [4.69, 9.17) is 9.47 Å². The number of carbonyl (C=O) groups excluding carboxylic acids is 1. The molecule has 2 aromatic carbocycles. The van der Waals surface area contributed by atoms with Crippen LogP contribution in [0.25, 0.3) is 0 Å². The molecule has 1 N–H and O–H groups in total. The SMILES string of the molecule is CC[C@](CNC(=O)c1ccc(OC)c(F)c1)(OC)c1ccccc1. The van der Waals surface area contributed by atoms with Gasteiger partial charge in [0.1, 0.15) is 5.60 Å². The molecule has 0 heterocycles. The number of ether oxygens (including phenoxy) is 2. The molecule has 2 rings (SSSR count). The van der Waals surface area contributed by atoms with E-state index in [2.05, 4.69) is 5.32 Å². The molecule has 2 aromatic rings. The molecule has 0 saturated carbocycles. The van der Waals surface area contributed by atoms with Crippen molar-refractivity contribution in [2.24, 2.45) is 0 Å². The molecule has 0 aliphatic heterocycles. The quantitative estimate of drug-likeness (QED) is 0.844. The van der Waals surface area contributed by atoms with Gasteiger partial charge in [-0.1, -0.05) is 37.3 Å². The van der Waals surface area contributed by atoms with Gasteiger partial charge in [0.05, 0.1) is 13.7 Å². The van der Waals surface area contributed by atoms with Gasteiger partial charge >= 0.3 is 0 Å². The summed E-state index contributed by atoms with van der Waals surface area (Å²) in [5.41, 5.74) is 0.598. The predicted molar refractivity (Wildman–Crippen MR) is 90.7 cm³/mol. The topological polar surface area (TPSA) is 47.6 Å². The number of amides is 1. The van der Waals surface area contributed by atoms with E-state index < -0.39 is 11.4 Å². The third-order valence-corrected chi connectivity index (χ3v) is 4.21. The third-order valence-electron chi connectivity index (χ3n) is 4.21. The zero-order valence-corrected chi connectivity index (χ0v) is 14.1. The number of carbonyl (C=O) groups is 1. The second-order valence-electron chi connectivity index (χ2n) is 5.45. The van der Waals surface area contributed by atoms with Gasteiger partial charge in [0, 0.05) is 12.7 Å². The smallest absolute Gasteiger partial charge is 0.251 e. The Morgan fingerprint density at radius 3 is 2.42 bits per heavy atom. The Kier molecular flexibility index (Phi) is 5.93. The van der Waals surface area contributed by atoms with Crippen molar-refractivity contribution in [3.8, 4) is 5.75 Å². The normalized spacial score (nSPS) is 13.2. The summed E-state index contributed by atoms with van der Waals surface area (Å²) < 4.78 is 24.3. The van der Waals surface area contributed by atoms with Crippen molar-refractivity contribution in [2.45, 2.75) is 18.9 Å². The van der Waals surface area contributed by atoms with Crippen molar-refractivity contribution in [1.82, 2.24) is 5.32 Å². The van der Waals surface area contributed by atoms with E-state index in [0.717, 1.165) is 11.6 Å². The maximum atomic E-state index is 13.8. The highest BCUT2D eigenvalue weighted by atomic mass is 19.1. The fourth-order valence-electron chi connectivity index (χ4n) is 2.64. The van der Waals surface area contributed by atoms with Crippen molar-refractivity contribution >= 4 is 5.91 Å². The fourth-order valence-corrected chi connectivity index (χ4v) is 2.64. The third kappa shape index (κ3) is 3.74. The lowest BCUT2D eigenvalue weighted by Crippen LogP contribution is -2.42. The van der Waals surface area contributed by atoms with Crippen LogP contribution < -0.4 is 10.1 Å². The molecule has 0 aliphatic rings. The number of halogens is 1. The molecule has 0 saturated heterocycles. The van der Waals surface area contributed by atoms with Crippen molar-refractivity contribution in [3.63, 3.8) is 0 Å². The van der Waals surface area contributed by atoms with Crippen molar-refractivity contribution < 1.29 is 18.7 Å². The minimum Gasteiger partial charge on any atom is -0.494 e. The summed E-state index contributed by atoms with van der Waals surface area (Å²) in [6, 6.07) is 13.8. The van der Waals surface area contributed by atoms with Gasteiger partial charge in [-0.2, -0.15) is 0 Å². The number of nitrogens with one attached hydrogen (secondary N) is 1. The first-order valence-corrected chi connectivity index (χ1v) is 7.78. The lowest BCUT2D eigenvalue weighted by Gasteiger charge is -2.32. The van der Waals surface area contributed by atoms with Crippen LogP contribution in [0.3, 0.4) is 0 Å². The van der Waals surface area contributed by atoms with Gasteiger partial charge < -0.3 is 14.8 Å². The maximum absolute atomic E-state index is 13.8. The standard InChI is InChI=1S/C19H22FNO3/c1-4-19(24-3,15-8-6-5-7-9-15)13-21-18(22)14-10-11-17(23-2)16(20)12-14/h5-12H,4,13H2,1-3H3,(H,21,22)/t19-/m1/s1. The molecule has 5 heteroatoms. The average molecular weight is 331 g/mol. The lowest BCUT2D eigenvalue weighted by molar-refractivity contribution is -0.0164. The van der Waals surface area contributed by atoms with Crippen LogP contribution in [0, 0.1) is 5.82 Å². The van der Waals surface area contributed by atoms with Crippen LogP contribution in [0.4, 0.5) is 4.39 Å². The van der Waals surface area contributed by atoms with Gasteiger partial charge in [0.2, 0.25) is 0 Å². The van der Waals surface area contributed by atoms with Crippen molar-refractivity contribution in [1.29, 1.82) is 0 Å². The number of methoxy groups -OCH3 is 2. The highest BCUT2D eigenvalue weighted by molar-refractivity contribution is 5.94. The number of hydrogen-bond donors (Lipinski definition) is 1. The summed E-state index contributed by atoms with van der Waals surface area (Å²) >= 11 is 0. The van der Waals surface area contributed by atoms with Crippen molar-refractivity contribution in [2.75, 3.05) is 20.8 Å². The summed E-state index contributed by atoms with van der Waals surface area (Å²) in [5, 5.41) is 2.83. The van der Waals surface area contributed by atoms with E-state index in [0.29, 0.717) is 6.42 Å². The summed E-state index contributed by atoms with van der Waals surface area (Å²) in [5.74, 6) is -0.820. The summed E-state index contributed by atoms with van der Waals surface area (Å²) in [6.07, 6.45) is 0.685. The van der Waals surface area contributed by atoms with E-state index in [9.17, 15) is 9.18 Å². The summed E-state index contributed by atoms with van der Waals surface area (Å²) in [7, 11) is 3.00. The van der Waals surface area contributed by atoms with Crippen molar-refractivity contribution in [3.05, 3.63) is 65.5 Å². The molecule has 128 valence electrons. The molecule has 1 amide bonds. The highest BCUT2D eigenvalue weighted by Crippen LogP contribution is 2.28. The van der Waals surface area contributed by atoms with Gasteiger partial charge in [-0.3, -0.25) is 4.79 Å². The van der Waals surface area contributed by atoms with E-state index in [1.54, 1.807) is 7.11 Å². The lowest BCUT2D eigenvalue weighted by atomic mass is 9.90. The summed E-state index contributed by atoms with van der Waals surface area (Å²) in [4.78, 5) is 12.3. The molecule has 4 nitrogen and oxygen atoms in total. The average Bonchev–Trinajstić information content (AvgIpc) is 2.63. The maximum Gasteiger partial charge on any atom is 0.251 e. The first-order chi connectivity index (χ1) is 11.6. The molecule has 0 fully saturated rings. The molecular formula is C19H22FNO3. The van der Waals surface area contributed by atoms with Crippen LogP contribution in [-0.4, -0.2) is 26.7 Å². The molecular weight excluding hydrogens is 309 g/mol. The molecule has 1 atom stereocenters. The van der Waals surface area contributed by atoms with Crippen LogP contribution >= 0.6 is 0 Å². The van der Waals surface area contributed by atoms with Crippen LogP contribution in [-0.2, 0) is 10.3 Å². The molecule has 0 spiro atoms. The Labute approximate surface area is 141 Å². The Balaban J connectivity index is 2.15. The largest absolute Gasteiger partial charge is 0.494 e. The molecule has 24 heavy (non-hydrogen) atoms. The molecule has 0 radical (unpaired) electrons. The Morgan fingerprint density at radius 1 is 1.17 bits per heavy atom. The zero-order valence-electron chi connectivity index (χ0n) is 14.1. The van der Waals surface area contributed by atoms with E-state index in [1.807, 2.05) is 37.3 Å². The Bertz CT molecular complexity index is 684. The second-order valence-corrected chi connectivity index (χ2v) is 5.45. The predicted octanol–water partition coefficient (Wildman–Crippen LogP) is 3.52.